The van der Waals surface area contributed by atoms with Crippen LogP contribution in [-0.4, -0.2) is 31.2 Å². The van der Waals surface area contributed by atoms with E-state index in [-0.39, 0.29) is 5.91 Å². The second-order valence-electron chi connectivity index (χ2n) is 5.40. The van der Waals surface area contributed by atoms with E-state index in [0.717, 1.165) is 36.7 Å². The maximum atomic E-state index is 11.8. The first kappa shape index (κ1) is 12.8. The summed E-state index contributed by atoms with van der Waals surface area (Å²) in [6.45, 7) is 1.82. The smallest absolute Gasteiger partial charge is 0.243 e. The van der Waals surface area contributed by atoms with Crippen LogP contribution in [0, 0.1) is 6.92 Å². The number of rotatable bonds is 3. The van der Waals surface area contributed by atoms with Crippen LogP contribution in [0.4, 0.5) is 5.82 Å². The molecule has 3 N–H and O–H groups in total. The minimum absolute atomic E-state index is 0.316. The monoisotopic (exact) mass is 274 g/mol. The fourth-order valence-corrected chi connectivity index (χ4v) is 2.86. The van der Waals surface area contributed by atoms with Crippen molar-refractivity contribution in [1.82, 2.24) is 19.7 Å². The Balaban J connectivity index is 2.08. The fourth-order valence-electron chi connectivity index (χ4n) is 2.86. The van der Waals surface area contributed by atoms with Crippen LogP contribution in [0.2, 0.25) is 0 Å². The zero-order chi connectivity index (χ0) is 14.3. The highest BCUT2D eigenvalue weighted by Crippen LogP contribution is 2.34. The van der Waals surface area contributed by atoms with Gasteiger partial charge in [0, 0.05) is 7.05 Å². The normalized spacial score (nSPS) is 17.5. The second-order valence-corrected chi connectivity index (χ2v) is 5.40. The quantitative estimate of drug-likeness (QED) is 0.865. The van der Waals surface area contributed by atoms with Crippen molar-refractivity contribution in [2.75, 3.05) is 5.32 Å². The molecule has 1 aliphatic carbocycles. The van der Waals surface area contributed by atoms with Gasteiger partial charge in [-0.15, -0.1) is 0 Å². The average Bonchev–Trinajstić information content (AvgIpc) is 2.99. The molecule has 106 valence electrons. The molecule has 0 saturated heterocycles. The first-order valence-corrected chi connectivity index (χ1v) is 6.76. The first-order chi connectivity index (χ1) is 9.52. The van der Waals surface area contributed by atoms with Crippen molar-refractivity contribution >= 4 is 22.8 Å². The molecule has 0 atom stereocenters. The van der Waals surface area contributed by atoms with E-state index in [1.807, 2.05) is 14.0 Å². The van der Waals surface area contributed by atoms with Crippen LogP contribution in [0.1, 0.15) is 31.5 Å². The molecule has 0 aromatic carbocycles. The molecule has 7 nitrogen and oxygen atoms in total. The number of aryl methyl sites for hydroxylation is 2. The number of aromatic nitrogens is 4. The molecule has 1 amide bonds. The molecular weight excluding hydrogens is 256 g/mol. The number of primary amides is 1. The summed E-state index contributed by atoms with van der Waals surface area (Å²) in [6, 6.07) is 0. The number of hydrogen-bond donors (Lipinski definition) is 2. The topological polar surface area (TPSA) is 98.7 Å². The van der Waals surface area contributed by atoms with E-state index in [1.54, 1.807) is 10.9 Å². The van der Waals surface area contributed by atoms with Gasteiger partial charge in [0.1, 0.15) is 17.2 Å². The molecule has 2 heterocycles. The number of hydrogen-bond acceptors (Lipinski definition) is 5. The van der Waals surface area contributed by atoms with Crippen molar-refractivity contribution in [1.29, 1.82) is 0 Å². The number of carbonyl (C=O) groups is 1. The summed E-state index contributed by atoms with van der Waals surface area (Å²) in [7, 11) is 1.83. The van der Waals surface area contributed by atoms with Crippen LogP contribution in [0.5, 0.6) is 0 Å². The summed E-state index contributed by atoms with van der Waals surface area (Å²) in [5.74, 6) is 0.964. The Morgan fingerprint density at radius 2 is 2.10 bits per heavy atom. The van der Waals surface area contributed by atoms with Gasteiger partial charge in [-0.05, 0) is 19.8 Å². The minimum atomic E-state index is -0.691. The van der Waals surface area contributed by atoms with Gasteiger partial charge in [-0.25, -0.2) is 9.97 Å². The van der Waals surface area contributed by atoms with Crippen molar-refractivity contribution in [3.8, 4) is 0 Å². The Morgan fingerprint density at radius 3 is 2.75 bits per heavy atom. The maximum absolute atomic E-state index is 11.8. The number of fused-ring (bicyclic) bond motifs is 1. The molecule has 1 saturated carbocycles. The SMILES string of the molecule is Cc1nc(NC2(C(N)=O)CCCC2)c2cnn(C)c2n1. The Labute approximate surface area is 116 Å². The van der Waals surface area contributed by atoms with Crippen molar-refractivity contribution in [3.63, 3.8) is 0 Å². The summed E-state index contributed by atoms with van der Waals surface area (Å²) in [5.41, 5.74) is 5.66. The molecule has 0 spiro atoms. The summed E-state index contributed by atoms with van der Waals surface area (Å²) >= 11 is 0. The molecule has 1 aliphatic rings. The highest BCUT2D eigenvalue weighted by molar-refractivity contribution is 5.92. The average molecular weight is 274 g/mol. The number of nitrogens with one attached hydrogen (secondary N) is 1. The van der Waals surface area contributed by atoms with E-state index >= 15 is 0 Å². The lowest BCUT2D eigenvalue weighted by atomic mass is 9.96. The molecule has 2 aromatic rings. The summed E-state index contributed by atoms with van der Waals surface area (Å²) in [5, 5.41) is 8.28. The van der Waals surface area contributed by atoms with Crippen LogP contribution in [0.3, 0.4) is 0 Å². The Kier molecular flexibility index (Phi) is 2.84. The lowest BCUT2D eigenvalue weighted by molar-refractivity contribution is -0.122. The summed E-state index contributed by atoms with van der Waals surface area (Å²) < 4.78 is 1.70. The van der Waals surface area contributed by atoms with E-state index in [0.29, 0.717) is 11.6 Å². The van der Waals surface area contributed by atoms with Crippen LogP contribution in [-0.2, 0) is 11.8 Å². The minimum Gasteiger partial charge on any atom is -0.368 e. The molecule has 7 heteroatoms. The maximum Gasteiger partial charge on any atom is 0.243 e. The first-order valence-electron chi connectivity index (χ1n) is 6.76. The Hall–Kier alpha value is -2.18. The van der Waals surface area contributed by atoms with Gasteiger partial charge >= 0.3 is 0 Å². The van der Waals surface area contributed by atoms with Gasteiger partial charge in [0.25, 0.3) is 0 Å². The van der Waals surface area contributed by atoms with E-state index in [4.69, 9.17) is 5.73 Å². The lowest BCUT2D eigenvalue weighted by Gasteiger charge is -2.27. The van der Waals surface area contributed by atoms with E-state index in [1.165, 1.54) is 0 Å². The van der Waals surface area contributed by atoms with Gasteiger partial charge < -0.3 is 11.1 Å². The van der Waals surface area contributed by atoms with E-state index < -0.39 is 5.54 Å². The molecule has 1 fully saturated rings. The molecule has 0 unspecified atom stereocenters. The zero-order valence-electron chi connectivity index (χ0n) is 11.7. The van der Waals surface area contributed by atoms with Gasteiger partial charge in [-0.1, -0.05) is 12.8 Å². The third-order valence-electron chi connectivity index (χ3n) is 3.99. The van der Waals surface area contributed by atoms with Crippen LogP contribution >= 0.6 is 0 Å². The predicted molar refractivity (Wildman–Crippen MR) is 75.1 cm³/mol. The number of nitrogens with two attached hydrogens (primary N) is 1. The van der Waals surface area contributed by atoms with Gasteiger partial charge in [-0.2, -0.15) is 5.10 Å². The lowest BCUT2D eigenvalue weighted by Crippen LogP contribution is -2.48. The van der Waals surface area contributed by atoms with Crippen molar-refractivity contribution in [2.45, 2.75) is 38.1 Å². The number of amides is 1. The van der Waals surface area contributed by atoms with Crippen molar-refractivity contribution in [3.05, 3.63) is 12.0 Å². The largest absolute Gasteiger partial charge is 0.368 e. The van der Waals surface area contributed by atoms with E-state index in [2.05, 4.69) is 20.4 Å². The van der Waals surface area contributed by atoms with Gasteiger partial charge in [0.15, 0.2) is 5.65 Å². The number of nitrogens with zero attached hydrogens (tertiary/aromatic N) is 4. The molecule has 3 rings (SSSR count). The van der Waals surface area contributed by atoms with E-state index in [9.17, 15) is 4.79 Å². The standard InChI is InChI=1S/C13H18N6O/c1-8-16-10(9-7-15-19(2)11(9)17-8)18-13(12(14)20)5-3-4-6-13/h7H,3-6H2,1-2H3,(H2,14,20)(H,16,17,18). The predicted octanol–water partition coefficient (Wildman–Crippen LogP) is 0.882. The van der Waals surface area contributed by atoms with Gasteiger partial charge in [0.2, 0.25) is 5.91 Å². The second kappa shape index (κ2) is 4.43. The zero-order valence-corrected chi connectivity index (χ0v) is 11.7. The van der Waals surface area contributed by atoms with Crippen LogP contribution in [0.15, 0.2) is 6.20 Å². The third kappa shape index (κ3) is 1.90. The Bertz CT molecular complexity index is 671. The highest BCUT2D eigenvalue weighted by atomic mass is 16.1. The molecular formula is C13H18N6O. The molecule has 0 radical (unpaired) electrons. The molecule has 20 heavy (non-hydrogen) atoms. The summed E-state index contributed by atoms with van der Waals surface area (Å²) in [6.07, 6.45) is 5.19. The van der Waals surface area contributed by atoms with Crippen molar-refractivity contribution < 1.29 is 4.79 Å². The van der Waals surface area contributed by atoms with Gasteiger partial charge in [-0.3, -0.25) is 9.48 Å². The third-order valence-corrected chi connectivity index (χ3v) is 3.99. The molecule has 0 bridgehead atoms. The van der Waals surface area contributed by atoms with Gasteiger partial charge in [0.05, 0.1) is 11.6 Å². The number of carbonyl (C=O) groups excluding carboxylic acids is 1. The summed E-state index contributed by atoms with van der Waals surface area (Å²) in [4.78, 5) is 20.6. The van der Waals surface area contributed by atoms with Crippen molar-refractivity contribution in [2.24, 2.45) is 12.8 Å². The van der Waals surface area contributed by atoms with Crippen LogP contribution in [0.25, 0.3) is 11.0 Å². The number of anilines is 1. The van der Waals surface area contributed by atoms with Crippen LogP contribution < -0.4 is 11.1 Å². The molecule has 2 aromatic heterocycles. The highest BCUT2D eigenvalue weighted by Gasteiger charge is 2.40. The Morgan fingerprint density at radius 1 is 1.40 bits per heavy atom. The fraction of sp³-hybridized carbons (Fsp3) is 0.538. The molecule has 0 aliphatic heterocycles.